The molecule has 2 aromatic heterocycles. The van der Waals surface area contributed by atoms with Gasteiger partial charge < -0.3 is 25.6 Å². The van der Waals surface area contributed by atoms with Crippen LogP contribution in [0.5, 0.6) is 0 Å². The van der Waals surface area contributed by atoms with Crippen LogP contribution in [-0.4, -0.2) is 82.6 Å². The summed E-state index contributed by atoms with van der Waals surface area (Å²) in [6.07, 6.45) is 4.50. The summed E-state index contributed by atoms with van der Waals surface area (Å²) in [7, 11) is 0. The number of halogens is 1. The van der Waals surface area contributed by atoms with Crippen molar-refractivity contribution >= 4 is 34.4 Å². The number of fused-ring (bicyclic) bond motifs is 1. The van der Waals surface area contributed by atoms with Crippen LogP contribution in [0.3, 0.4) is 0 Å². The normalized spacial score (nSPS) is 16.3. The van der Waals surface area contributed by atoms with E-state index in [2.05, 4.69) is 82.0 Å². The highest BCUT2D eigenvalue weighted by Gasteiger charge is 2.22. The van der Waals surface area contributed by atoms with Crippen molar-refractivity contribution in [2.45, 2.75) is 72.3 Å². The van der Waals surface area contributed by atoms with Gasteiger partial charge in [0.05, 0.1) is 17.3 Å². The first-order chi connectivity index (χ1) is 23.4. The van der Waals surface area contributed by atoms with Crippen LogP contribution in [0.15, 0.2) is 48.7 Å². The summed E-state index contributed by atoms with van der Waals surface area (Å²) >= 11 is 6.71. The van der Waals surface area contributed by atoms with Gasteiger partial charge in [0.1, 0.15) is 0 Å². The maximum Gasteiger partial charge on any atom is 0.315 e. The molecule has 0 aliphatic carbocycles. The van der Waals surface area contributed by atoms with Crippen LogP contribution in [0.1, 0.15) is 56.0 Å². The van der Waals surface area contributed by atoms with E-state index >= 15 is 0 Å². The Bertz CT molecular complexity index is 1690. The fraction of sp³-hybridized carbons (Fsp3) is 0.486. The number of anilines is 1. The van der Waals surface area contributed by atoms with Crippen molar-refractivity contribution in [3.63, 3.8) is 0 Å². The van der Waals surface area contributed by atoms with Crippen LogP contribution in [0, 0.1) is 0 Å². The van der Waals surface area contributed by atoms with Crippen LogP contribution in [-0.2, 0) is 37.3 Å². The summed E-state index contributed by atoms with van der Waals surface area (Å²) < 4.78 is 7.53. The maximum atomic E-state index is 13.2. The Balaban J connectivity index is 1.12. The van der Waals surface area contributed by atoms with E-state index in [9.17, 15) is 4.79 Å². The molecule has 48 heavy (non-hydrogen) atoms. The van der Waals surface area contributed by atoms with Crippen molar-refractivity contribution in [2.24, 2.45) is 0 Å². The topological polar surface area (TPSA) is 99.6 Å². The number of nitrogens with one attached hydrogen (secondary N) is 3. The standard InChI is InChI=1S/C37H49ClN8O2/c1-4-34-31(35(42-29-12-18-48-19-13-29)32-24-41-46(6-3)36(32)43-34)23-40-37(47)39-22-26-10-11-33(38)30(21-26)28-9-7-8-27(20-28)25-45-16-14-44(5-2)15-17-45/h7-11,20-21,24,29H,4-6,12-19,22-23,25H2,1-3H3,(H,42,43)(H2,39,40,47). The number of nitrogens with zero attached hydrogens (tertiary/aromatic N) is 5. The van der Waals surface area contributed by atoms with Gasteiger partial charge in [-0.3, -0.25) is 4.90 Å². The number of rotatable bonds is 12. The van der Waals surface area contributed by atoms with E-state index in [1.165, 1.54) is 5.56 Å². The third-order valence-corrected chi connectivity index (χ3v) is 9.97. The minimum Gasteiger partial charge on any atom is -0.381 e. The van der Waals surface area contributed by atoms with Crippen molar-refractivity contribution in [1.29, 1.82) is 0 Å². The van der Waals surface area contributed by atoms with Gasteiger partial charge in [-0.1, -0.05) is 49.7 Å². The van der Waals surface area contributed by atoms with E-state index < -0.39 is 0 Å². The van der Waals surface area contributed by atoms with Gasteiger partial charge in [-0.25, -0.2) is 14.5 Å². The number of carbonyl (C=O) groups is 1. The predicted molar refractivity (Wildman–Crippen MR) is 193 cm³/mol. The molecular weight excluding hydrogens is 624 g/mol. The lowest BCUT2D eigenvalue weighted by Gasteiger charge is -2.34. The van der Waals surface area contributed by atoms with Crippen LogP contribution in [0.4, 0.5) is 10.5 Å². The number of piperazine rings is 1. The van der Waals surface area contributed by atoms with E-state index in [4.69, 9.17) is 21.3 Å². The molecular formula is C37H49ClN8O2. The molecule has 3 N–H and O–H groups in total. The van der Waals surface area contributed by atoms with Crippen molar-refractivity contribution in [2.75, 3.05) is 51.3 Å². The highest BCUT2D eigenvalue weighted by Crippen LogP contribution is 2.32. The molecule has 0 saturated carbocycles. The SMILES string of the molecule is CCc1nc2c(cnn2CC)c(NC2CCOCC2)c1CNC(=O)NCc1ccc(Cl)c(-c2cccc(CN3CCN(CC)CC3)c2)c1. The molecule has 0 unspecified atom stereocenters. The van der Waals surface area contributed by atoms with Gasteiger partial charge in [0, 0.05) is 93.5 Å². The maximum absolute atomic E-state index is 13.2. The second-order valence-electron chi connectivity index (χ2n) is 12.8. The minimum atomic E-state index is -0.236. The second kappa shape index (κ2) is 16.1. The lowest BCUT2D eigenvalue weighted by molar-refractivity contribution is 0.0904. The number of aromatic nitrogens is 3. The third kappa shape index (κ3) is 8.11. The van der Waals surface area contributed by atoms with E-state index in [1.54, 1.807) is 0 Å². The molecule has 256 valence electrons. The zero-order chi connectivity index (χ0) is 33.5. The first-order valence-electron chi connectivity index (χ1n) is 17.5. The molecule has 10 nitrogen and oxygen atoms in total. The number of pyridine rings is 1. The zero-order valence-electron chi connectivity index (χ0n) is 28.5. The van der Waals surface area contributed by atoms with E-state index in [0.29, 0.717) is 24.2 Å². The summed E-state index contributed by atoms with van der Waals surface area (Å²) in [5.41, 5.74) is 8.16. The van der Waals surface area contributed by atoms with Crippen LogP contribution < -0.4 is 16.0 Å². The first-order valence-corrected chi connectivity index (χ1v) is 17.9. The van der Waals surface area contributed by atoms with Gasteiger partial charge in [0.2, 0.25) is 0 Å². The lowest BCUT2D eigenvalue weighted by atomic mass is 10.0. The monoisotopic (exact) mass is 672 g/mol. The second-order valence-corrected chi connectivity index (χ2v) is 13.2. The average Bonchev–Trinajstić information content (AvgIpc) is 3.54. The quantitative estimate of drug-likeness (QED) is 0.168. The first kappa shape index (κ1) is 34.2. The largest absolute Gasteiger partial charge is 0.381 e. The summed E-state index contributed by atoms with van der Waals surface area (Å²) in [5.74, 6) is 0. The van der Waals surface area contributed by atoms with Crippen LogP contribution in [0.2, 0.25) is 5.02 Å². The molecule has 2 saturated heterocycles. The van der Waals surface area contributed by atoms with Gasteiger partial charge in [-0.05, 0) is 67.6 Å². The van der Waals surface area contributed by atoms with Crippen LogP contribution >= 0.6 is 11.6 Å². The van der Waals surface area contributed by atoms with Gasteiger partial charge in [0.25, 0.3) is 0 Å². The number of aryl methyl sites for hydroxylation is 2. The number of hydrogen-bond donors (Lipinski definition) is 3. The fourth-order valence-electron chi connectivity index (χ4n) is 6.78. The number of carbonyl (C=O) groups excluding carboxylic acids is 1. The van der Waals surface area contributed by atoms with E-state index in [0.717, 1.165) is 123 Å². The highest BCUT2D eigenvalue weighted by atomic mass is 35.5. The Morgan fingerprint density at radius 2 is 1.71 bits per heavy atom. The minimum absolute atomic E-state index is 0.236. The number of amides is 2. The number of benzene rings is 2. The Hall–Kier alpha value is -3.70. The fourth-order valence-corrected chi connectivity index (χ4v) is 7.00. The molecule has 0 bridgehead atoms. The predicted octanol–water partition coefficient (Wildman–Crippen LogP) is 6.06. The van der Waals surface area contributed by atoms with Gasteiger partial charge in [-0.2, -0.15) is 5.10 Å². The van der Waals surface area contributed by atoms with Crippen molar-refractivity contribution < 1.29 is 9.53 Å². The number of likely N-dealkylation sites (N-methyl/N-ethyl adjacent to an activating group) is 1. The molecule has 2 fully saturated rings. The Labute approximate surface area is 289 Å². The molecule has 0 spiro atoms. The van der Waals surface area contributed by atoms with Crippen molar-refractivity contribution in [1.82, 2.24) is 35.2 Å². The zero-order valence-corrected chi connectivity index (χ0v) is 29.3. The molecule has 4 aromatic rings. The Morgan fingerprint density at radius 3 is 2.46 bits per heavy atom. The molecule has 2 aliphatic rings. The number of ether oxygens (including phenoxy) is 1. The van der Waals surface area contributed by atoms with Gasteiger partial charge >= 0.3 is 6.03 Å². The summed E-state index contributed by atoms with van der Waals surface area (Å²) in [6.45, 7) is 15.8. The molecule has 0 radical (unpaired) electrons. The third-order valence-electron chi connectivity index (χ3n) is 9.64. The highest BCUT2D eigenvalue weighted by molar-refractivity contribution is 6.33. The molecule has 2 amide bonds. The van der Waals surface area contributed by atoms with E-state index in [-0.39, 0.29) is 6.03 Å². The summed E-state index contributed by atoms with van der Waals surface area (Å²) in [4.78, 5) is 23.2. The number of urea groups is 1. The van der Waals surface area contributed by atoms with Crippen LogP contribution in [0.25, 0.3) is 22.2 Å². The molecule has 11 heteroatoms. The summed E-state index contributed by atoms with van der Waals surface area (Å²) in [5, 5.41) is 16.2. The molecule has 0 atom stereocenters. The Kier molecular flexibility index (Phi) is 11.5. The summed E-state index contributed by atoms with van der Waals surface area (Å²) in [6, 6.07) is 14.7. The number of hydrogen-bond acceptors (Lipinski definition) is 7. The molecule has 6 rings (SSSR count). The molecule has 4 heterocycles. The van der Waals surface area contributed by atoms with Gasteiger partial charge in [-0.15, -0.1) is 0 Å². The average molecular weight is 673 g/mol. The lowest BCUT2D eigenvalue weighted by Crippen LogP contribution is -2.45. The molecule has 2 aromatic carbocycles. The van der Waals surface area contributed by atoms with E-state index in [1.807, 2.05) is 23.0 Å². The van der Waals surface area contributed by atoms with Gasteiger partial charge in [0.15, 0.2) is 5.65 Å². The smallest absolute Gasteiger partial charge is 0.315 e. The van der Waals surface area contributed by atoms with Crippen molar-refractivity contribution in [3.8, 4) is 11.1 Å². The van der Waals surface area contributed by atoms with Crippen molar-refractivity contribution in [3.05, 3.63) is 76.1 Å². The Morgan fingerprint density at radius 1 is 0.938 bits per heavy atom. The molecule has 2 aliphatic heterocycles.